The molecule has 3 rings (SSSR count). The van der Waals surface area contributed by atoms with Gasteiger partial charge < -0.3 is 14.8 Å². The Kier molecular flexibility index (Phi) is 3.77. The fraction of sp³-hybridized carbons (Fsp3) is 0.429. The first kappa shape index (κ1) is 13.2. The van der Waals surface area contributed by atoms with Gasteiger partial charge in [0.25, 0.3) is 5.56 Å². The van der Waals surface area contributed by atoms with Crippen molar-refractivity contribution in [3.8, 4) is 0 Å². The van der Waals surface area contributed by atoms with Gasteiger partial charge in [0, 0.05) is 6.54 Å². The second-order valence-corrected chi connectivity index (χ2v) is 4.91. The number of aromatic nitrogens is 2. The lowest BCUT2D eigenvalue weighted by Crippen LogP contribution is -2.47. The highest BCUT2D eigenvalue weighted by atomic mass is 16.5. The van der Waals surface area contributed by atoms with E-state index in [1.165, 1.54) is 0 Å². The first-order valence-corrected chi connectivity index (χ1v) is 6.68. The third kappa shape index (κ3) is 2.58. The van der Waals surface area contributed by atoms with Crippen LogP contribution in [0.15, 0.2) is 29.1 Å². The number of morpholine rings is 1. The van der Waals surface area contributed by atoms with Crippen molar-refractivity contribution in [2.24, 2.45) is 0 Å². The number of aliphatic hydroxyl groups is 1. The molecule has 2 N–H and O–H groups in total. The Morgan fingerprint density at radius 3 is 3.15 bits per heavy atom. The lowest BCUT2D eigenvalue weighted by Gasteiger charge is -2.33. The van der Waals surface area contributed by atoms with Crippen molar-refractivity contribution in [3.63, 3.8) is 0 Å². The quantitative estimate of drug-likeness (QED) is 0.831. The largest absolute Gasteiger partial charge is 0.395 e. The monoisotopic (exact) mass is 275 g/mol. The normalized spacial score (nSPS) is 20.4. The van der Waals surface area contributed by atoms with Gasteiger partial charge in [0.2, 0.25) is 0 Å². The molecule has 0 saturated carbocycles. The lowest BCUT2D eigenvalue weighted by molar-refractivity contribution is -0.0322. The predicted molar refractivity (Wildman–Crippen MR) is 74.5 cm³/mol. The van der Waals surface area contributed by atoms with Gasteiger partial charge in [0.05, 0.1) is 43.3 Å². The molecule has 6 heteroatoms. The molecule has 20 heavy (non-hydrogen) atoms. The van der Waals surface area contributed by atoms with Gasteiger partial charge >= 0.3 is 0 Å². The Balaban J connectivity index is 1.88. The molecule has 6 nitrogen and oxygen atoms in total. The minimum Gasteiger partial charge on any atom is -0.395 e. The Hall–Kier alpha value is -1.76. The van der Waals surface area contributed by atoms with Crippen LogP contribution in [0.4, 0.5) is 0 Å². The number of rotatable bonds is 3. The second kappa shape index (κ2) is 5.70. The molecule has 2 heterocycles. The summed E-state index contributed by atoms with van der Waals surface area (Å²) in [5, 5.41) is 9.95. The third-order valence-electron chi connectivity index (χ3n) is 3.57. The van der Waals surface area contributed by atoms with Gasteiger partial charge in [-0.15, -0.1) is 0 Å². The minimum absolute atomic E-state index is 0.0395. The molecule has 1 atom stereocenters. The Labute approximate surface area is 116 Å². The second-order valence-electron chi connectivity index (χ2n) is 4.91. The van der Waals surface area contributed by atoms with Crippen LogP contribution in [0.25, 0.3) is 10.9 Å². The number of ether oxygens (including phenoxy) is 1. The number of aromatic amines is 1. The molecule has 1 aliphatic rings. The molecule has 1 aromatic heterocycles. The van der Waals surface area contributed by atoms with Crippen molar-refractivity contribution in [3.05, 3.63) is 40.4 Å². The summed E-state index contributed by atoms with van der Waals surface area (Å²) < 4.78 is 5.34. The molecule has 0 spiro atoms. The van der Waals surface area contributed by atoms with Gasteiger partial charge in [-0.2, -0.15) is 0 Å². The maximum atomic E-state index is 12.0. The van der Waals surface area contributed by atoms with E-state index in [-0.39, 0.29) is 18.2 Å². The van der Waals surface area contributed by atoms with Crippen molar-refractivity contribution < 1.29 is 9.84 Å². The van der Waals surface area contributed by atoms with E-state index < -0.39 is 0 Å². The summed E-state index contributed by atoms with van der Waals surface area (Å²) in [7, 11) is 0. The molecule has 1 aromatic carbocycles. The van der Waals surface area contributed by atoms with E-state index in [1.54, 1.807) is 6.07 Å². The Morgan fingerprint density at radius 1 is 1.45 bits per heavy atom. The summed E-state index contributed by atoms with van der Waals surface area (Å²) in [6.07, 6.45) is 0. The molecular formula is C14H17N3O3. The summed E-state index contributed by atoms with van der Waals surface area (Å²) in [5.74, 6) is 0.619. The van der Waals surface area contributed by atoms with E-state index in [1.807, 2.05) is 18.2 Å². The van der Waals surface area contributed by atoms with E-state index in [4.69, 9.17) is 4.74 Å². The van der Waals surface area contributed by atoms with Gasteiger partial charge in [-0.25, -0.2) is 4.98 Å². The average molecular weight is 275 g/mol. The van der Waals surface area contributed by atoms with E-state index in [2.05, 4.69) is 14.9 Å². The topological polar surface area (TPSA) is 78.5 Å². The van der Waals surface area contributed by atoms with E-state index in [9.17, 15) is 9.90 Å². The number of benzene rings is 1. The summed E-state index contributed by atoms with van der Waals surface area (Å²) in [4.78, 5) is 21.4. The number of hydrogen-bond acceptors (Lipinski definition) is 5. The van der Waals surface area contributed by atoms with Crippen LogP contribution < -0.4 is 5.56 Å². The van der Waals surface area contributed by atoms with Crippen molar-refractivity contribution in [2.45, 2.75) is 12.6 Å². The molecule has 0 aliphatic carbocycles. The fourth-order valence-corrected chi connectivity index (χ4v) is 2.47. The zero-order chi connectivity index (χ0) is 13.9. The molecule has 0 bridgehead atoms. The average Bonchev–Trinajstić information content (AvgIpc) is 2.48. The first-order valence-electron chi connectivity index (χ1n) is 6.68. The molecule has 1 saturated heterocycles. The van der Waals surface area contributed by atoms with E-state index in [0.29, 0.717) is 36.5 Å². The number of fused-ring (bicyclic) bond motifs is 1. The summed E-state index contributed by atoms with van der Waals surface area (Å²) >= 11 is 0. The van der Waals surface area contributed by atoms with Crippen LogP contribution in [-0.4, -0.2) is 52.4 Å². The number of hydrogen-bond donors (Lipinski definition) is 2. The molecule has 1 aliphatic heterocycles. The minimum atomic E-state index is -0.126. The van der Waals surface area contributed by atoms with Gasteiger partial charge in [-0.3, -0.25) is 9.69 Å². The highest BCUT2D eigenvalue weighted by Gasteiger charge is 2.23. The summed E-state index contributed by atoms with van der Waals surface area (Å²) in [5.41, 5.74) is 0.569. The highest BCUT2D eigenvalue weighted by molar-refractivity contribution is 5.77. The van der Waals surface area contributed by atoms with Crippen LogP contribution in [-0.2, 0) is 11.3 Å². The molecule has 0 radical (unpaired) electrons. The zero-order valence-electron chi connectivity index (χ0n) is 11.1. The van der Waals surface area contributed by atoms with E-state index in [0.717, 1.165) is 6.54 Å². The molecular weight excluding hydrogens is 258 g/mol. The lowest BCUT2D eigenvalue weighted by atomic mass is 10.2. The molecule has 2 aromatic rings. The van der Waals surface area contributed by atoms with Crippen molar-refractivity contribution in [2.75, 3.05) is 26.4 Å². The van der Waals surface area contributed by atoms with Gasteiger partial charge in [0.1, 0.15) is 5.82 Å². The van der Waals surface area contributed by atoms with E-state index >= 15 is 0 Å². The summed E-state index contributed by atoms with van der Waals surface area (Å²) in [6, 6.07) is 7.24. The van der Waals surface area contributed by atoms with Crippen LogP contribution in [0.3, 0.4) is 0 Å². The van der Waals surface area contributed by atoms with Crippen LogP contribution in [0, 0.1) is 0 Å². The maximum Gasteiger partial charge on any atom is 0.258 e. The smallest absolute Gasteiger partial charge is 0.258 e. The number of nitrogens with one attached hydrogen (secondary N) is 1. The number of aliphatic hydroxyl groups excluding tert-OH is 1. The van der Waals surface area contributed by atoms with Gasteiger partial charge in [-0.05, 0) is 12.1 Å². The maximum absolute atomic E-state index is 12.0. The number of para-hydroxylation sites is 1. The Morgan fingerprint density at radius 2 is 2.30 bits per heavy atom. The molecule has 106 valence electrons. The van der Waals surface area contributed by atoms with Crippen LogP contribution in [0.5, 0.6) is 0 Å². The van der Waals surface area contributed by atoms with Gasteiger partial charge in [-0.1, -0.05) is 12.1 Å². The summed E-state index contributed by atoms with van der Waals surface area (Å²) in [6.45, 7) is 2.41. The Bertz CT molecular complexity index is 655. The number of H-pyrrole nitrogens is 1. The SMILES string of the molecule is O=c1[nH]c(CN2CCOCC2CO)nc2ccccc12. The van der Waals surface area contributed by atoms with Crippen molar-refractivity contribution in [1.29, 1.82) is 0 Å². The zero-order valence-corrected chi connectivity index (χ0v) is 11.1. The molecule has 1 fully saturated rings. The van der Waals surface area contributed by atoms with Crippen molar-refractivity contribution >= 4 is 10.9 Å². The first-order chi connectivity index (χ1) is 9.78. The highest BCUT2D eigenvalue weighted by Crippen LogP contribution is 2.11. The fourth-order valence-electron chi connectivity index (χ4n) is 2.47. The number of nitrogens with zero attached hydrogens (tertiary/aromatic N) is 2. The third-order valence-corrected chi connectivity index (χ3v) is 3.57. The standard InChI is InChI=1S/C14H17N3O3/c18-8-10-9-20-6-5-17(10)7-13-15-12-4-2-1-3-11(12)14(19)16-13/h1-4,10,18H,5-9H2,(H,15,16,19). The van der Waals surface area contributed by atoms with Crippen molar-refractivity contribution in [1.82, 2.24) is 14.9 Å². The van der Waals surface area contributed by atoms with Gasteiger partial charge in [0.15, 0.2) is 0 Å². The predicted octanol–water partition coefficient (Wildman–Crippen LogP) is 0.116. The molecule has 1 unspecified atom stereocenters. The van der Waals surface area contributed by atoms with Crippen LogP contribution >= 0.6 is 0 Å². The van der Waals surface area contributed by atoms with Crippen LogP contribution in [0.2, 0.25) is 0 Å². The molecule has 0 amide bonds. The van der Waals surface area contributed by atoms with Crippen LogP contribution in [0.1, 0.15) is 5.82 Å².